The van der Waals surface area contributed by atoms with Crippen molar-refractivity contribution >= 4 is 0 Å². The summed E-state index contributed by atoms with van der Waals surface area (Å²) in [6.45, 7) is 9.12. The lowest BCUT2D eigenvalue weighted by Crippen LogP contribution is -2.28. The average molecular weight is 277 g/mol. The molecule has 2 heteroatoms. The second-order valence-corrected chi connectivity index (χ2v) is 4.63. The van der Waals surface area contributed by atoms with Crippen LogP contribution in [0.15, 0.2) is 78.7 Å². The lowest BCUT2D eigenvalue weighted by Gasteiger charge is -2.24. The number of hydrogen-bond donors (Lipinski definition) is 0. The van der Waals surface area contributed by atoms with Crippen LogP contribution >= 0.6 is 0 Å². The van der Waals surface area contributed by atoms with Gasteiger partial charge in [0.2, 0.25) is 0 Å². The second-order valence-electron chi connectivity index (χ2n) is 4.63. The largest absolute Gasteiger partial charge is 0.472 e. The van der Waals surface area contributed by atoms with Crippen LogP contribution < -0.4 is 0 Å². The van der Waals surface area contributed by atoms with Gasteiger partial charge in [-0.3, -0.25) is 4.90 Å². The topological polar surface area (TPSA) is 16.4 Å². The van der Waals surface area contributed by atoms with E-state index in [1.54, 1.807) is 12.5 Å². The maximum Gasteiger partial charge on any atom is 0.101 e. The molecule has 0 aliphatic rings. The Hall–Kier alpha value is -2.50. The van der Waals surface area contributed by atoms with E-state index in [1.807, 2.05) is 48.6 Å². The Kier molecular flexibility index (Phi) is 5.63. The van der Waals surface area contributed by atoms with Crippen LogP contribution in [0.3, 0.4) is 0 Å². The monoisotopic (exact) mass is 277 g/mol. The normalized spacial score (nSPS) is 11.5. The molecule has 0 aliphatic carbocycles. The van der Waals surface area contributed by atoms with Crippen LogP contribution in [-0.4, -0.2) is 18.0 Å². The number of furan rings is 1. The summed E-state index contributed by atoms with van der Waals surface area (Å²) >= 11 is 0. The molecule has 0 spiro atoms. The molecule has 0 aliphatic heterocycles. The van der Waals surface area contributed by atoms with Crippen molar-refractivity contribution in [3.63, 3.8) is 0 Å². The molecule has 0 saturated heterocycles. The van der Waals surface area contributed by atoms with Gasteiger partial charge < -0.3 is 4.42 Å². The third-order valence-electron chi connectivity index (χ3n) is 3.08. The maximum atomic E-state index is 5.21. The average Bonchev–Trinajstić information content (AvgIpc) is 3.03. The summed E-state index contributed by atoms with van der Waals surface area (Å²) in [5.74, 6) is 6.56. The van der Waals surface area contributed by atoms with Crippen LogP contribution in [0, 0.1) is 11.8 Å². The smallest absolute Gasteiger partial charge is 0.101 e. The Morgan fingerprint density at radius 2 is 1.81 bits per heavy atom. The minimum atomic E-state index is -0.0417. The lowest BCUT2D eigenvalue weighted by molar-refractivity contribution is 0.292. The molecule has 0 N–H and O–H groups in total. The van der Waals surface area contributed by atoms with Crippen molar-refractivity contribution in [3.8, 4) is 11.8 Å². The number of hydrogen-bond acceptors (Lipinski definition) is 2. The first kappa shape index (κ1) is 14.9. The van der Waals surface area contributed by atoms with E-state index < -0.39 is 0 Å². The van der Waals surface area contributed by atoms with Crippen molar-refractivity contribution in [2.45, 2.75) is 6.04 Å². The molecule has 0 unspecified atom stereocenters. The Balaban J connectivity index is 2.30. The van der Waals surface area contributed by atoms with Crippen molar-refractivity contribution in [3.05, 3.63) is 85.4 Å². The first-order valence-corrected chi connectivity index (χ1v) is 6.89. The summed E-state index contributed by atoms with van der Waals surface area (Å²) in [6.07, 6.45) is 7.16. The molecule has 21 heavy (non-hydrogen) atoms. The molecule has 0 saturated carbocycles. The minimum Gasteiger partial charge on any atom is -0.472 e. The Morgan fingerprint density at radius 1 is 1.10 bits per heavy atom. The molecule has 106 valence electrons. The summed E-state index contributed by atoms with van der Waals surface area (Å²) in [7, 11) is 0. The van der Waals surface area contributed by atoms with Crippen molar-refractivity contribution in [1.29, 1.82) is 0 Å². The van der Waals surface area contributed by atoms with Crippen LogP contribution in [0.4, 0.5) is 0 Å². The fraction of sp³-hybridized carbons (Fsp3) is 0.158. The van der Waals surface area contributed by atoms with E-state index in [-0.39, 0.29) is 6.04 Å². The van der Waals surface area contributed by atoms with Crippen LogP contribution in [0.2, 0.25) is 0 Å². The van der Waals surface area contributed by atoms with Gasteiger partial charge >= 0.3 is 0 Å². The van der Waals surface area contributed by atoms with E-state index >= 15 is 0 Å². The second kappa shape index (κ2) is 7.94. The van der Waals surface area contributed by atoms with E-state index in [0.717, 1.165) is 24.2 Å². The predicted octanol–water partition coefficient (Wildman–Crippen LogP) is 4.05. The third kappa shape index (κ3) is 4.24. The van der Waals surface area contributed by atoms with Gasteiger partial charge in [-0.15, -0.1) is 13.2 Å². The third-order valence-corrected chi connectivity index (χ3v) is 3.08. The van der Waals surface area contributed by atoms with E-state index in [4.69, 9.17) is 4.42 Å². The quantitative estimate of drug-likeness (QED) is 0.585. The van der Waals surface area contributed by atoms with Crippen molar-refractivity contribution in [2.24, 2.45) is 0 Å². The molecule has 0 fully saturated rings. The highest BCUT2D eigenvalue weighted by Crippen LogP contribution is 2.20. The lowest BCUT2D eigenvalue weighted by atomic mass is 10.1. The van der Waals surface area contributed by atoms with E-state index in [0.29, 0.717) is 0 Å². The highest BCUT2D eigenvalue weighted by atomic mass is 16.3. The highest BCUT2D eigenvalue weighted by Gasteiger charge is 2.17. The molecule has 2 rings (SSSR count). The van der Waals surface area contributed by atoms with E-state index in [1.165, 1.54) is 0 Å². The standard InChI is InChI=1S/C19H19NO/c1-3-13-20(14-4-2)19(18-12-15-21-16-18)11-10-17-8-6-5-7-9-17/h3-9,12,15-16,19H,1-2,13-14H2/t19-/m1/s1. The van der Waals surface area contributed by atoms with Crippen LogP contribution in [-0.2, 0) is 0 Å². The van der Waals surface area contributed by atoms with Crippen LogP contribution in [0.25, 0.3) is 0 Å². The summed E-state index contributed by atoms with van der Waals surface area (Å²) < 4.78 is 5.21. The zero-order valence-corrected chi connectivity index (χ0v) is 12.0. The molecule has 1 aromatic carbocycles. The van der Waals surface area contributed by atoms with Crippen molar-refractivity contribution in [1.82, 2.24) is 4.90 Å². The minimum absolute atomic E-state index is 0.0417. The molecular weight excluding hydrogens is 258 g/mol. The van der Waals surface area contributed by atoms with Gasteiger partial charge in [0.05, 0.1) is 12.5 Å². The van der Waals surface area contributed by atoms with Crippen molar-refractivity contribution < 1.29 is 4.42 Å². The van der Waals surface area contributed by atoms with Crippen LogP contribution in [0.1, 0.15) is 17.2 Å². The first-order chi connectivity index (χ1) is 10.3. The maximum absolute atomic E-state index is 5.21. The Morgan fingerprint density at radius 3 is 2.38 bits per heavy atom. The summed E-state index contributed by atoms with van der Waals surface area (Å²) in [6, 6.07) is 11.9. The van der Waals surface area contributed by atoms with Crippen LogP contribution in [0.5, 0.6) is 0 Å². The van der Waals surface area contributed by atoms with Gasteiger partial charge in [0.1, 0.15) is 6.04 Å². The van der Waals surface area contributed by atoms with Gasteiger partial charge in [-0.25, -0.2) is 0 Å². The van der Waals surface area contributed by atoms with E-state index in [2.05, 4.69) is 29.9 Å². The van der Waals surface area contributed by atoms with E-state index in [9.17, 15) is 0 Å². The van der Waals surface area contributed by atoms with Gasteiger partial charge in [-0.2, -0.15) is 0 Å². The summed E-state index contributed by atoms with van der Waals surface area (Å²) in [4.78, 5) is 2.20. The molecule has 1 atom stereocenters. The Bertz CT molecular complexity index is 607. The SMILES string of the molecule is C=CCN(CC=C)[C@H](C#Cc1ccccc1)c1ccoc1. The zero-order valence-electron chi connectivity index (χ0n) is 12.0. The summed E-state index contributed by atoms with van der Waals surface area (Å²) in [5.41, 5.74) is 2.05. The predicted molar refractivity (Wildman–Crippen MR) is 86.7 cm³/mol. The fourth-order valence-electron chi connectivity index (χ4n) is 2.11. The molecule has 1 heterocycles. The van der Waals surface area contributed by atoms with Gasteiger partial charge in [0.25, 0.3) is 0 Å². The van der Waals surface area contributed by atoms with Gasteiger partial charge in [0, 0.05) is 24.2 Å². The number of benzene rings is 1. The van der Waals surface area contributed by atoms with Gasteiger partial charge in [0.15, 0.2) is 0 Å². The molecular formula is C19H19NO. The molecule has 0 radical (unpaired) electrons. The number of nitrogens with zero attached hydrogens (tertiary/aromatic N) is 1. The highest BCUT2D eigenvalue weighted by molar-refractivity contribution is 5.37. The molecule has 0 bridgehead atoms. The summed E-state index contributed by atoms with van der Waals surface area (Å²) in [5, 5.41) is 0. The van der Waals surface area contributed by atoms with Gasteiger partial charge in [-0.1, -0.05) is 42.2 Å². The van der Waals surface area contributed by atoms with Crippen molar-refractivity contribution in [2.75, 3.05) is 13.1 Å². The number of rotatable bonds is 6. The van der Waals surface area contributed by atoms with Gasteiger partial charge in [-0.05, 0) is 18.2 Å². The molecule has 2 aromatic rings. The Labute approximate surface area is 126 Å². The molecule has 0 amide bonds. The zero-order chi connectivity index (χ0) is 14.9. The fourth-order valence-corrected chi connectivity index (χ4v) is 2.11. The molecule has 1 aromatic heterocycles. The molecule has 2 nitrogen and oxygen atoms in total. The first-order valence-electron chi connectivity index (χ1n) is 6.89.